The summed E-state index contributed by atoms with van der Waals surface area (Å²) in [6.07, 6.45) is 0. The molecule has 0 aliphatic carbocycles. The summed E-state index contributed by atoms with van der Waals surface area (Å²) in [5.41, 5.74) is 3.02. The van der Waals surface area contributed by atoms with Gasteiger partial charge in [0.1, 0.15) is 0 Å². The third-order valence-electron chi connectivity index (χ3n) is 2.59. The second kappa shape index (κ2) is 3.92. The number of anilines is 3. The van der Waals surface area contributed by atoms with Gasteiger partial charge in [-0.1, -0.05) is 0 Å². The molecule has 1 aliphatic heterocycles. The van der Waals surface area contributed by atoms with Crippen LogP contribution in [0.3, 0.4) is 0 Å². The molecule has 3 N–H and O–H groups in total. The molecule has 0 unspecified atom stereocenters. The van der Waals surface area contributed by atoms with E-state index in [-0.39, 0.29) is 0 Å². The smallest absolute Gasteiger partial charge is 0.335 e. The first-order chi connectivity index (χ1) is 7.59. The first-order valence-corrected chi connectivity index (χ1v) is 5.16. The van der Waals surface area contributed by atoms with Crippen molar-refractivity contribution in [2.24, 2.45) is 0 Å². The predicted octanol–water partition coefficient (Wildman–Crippen LogP) is 1.29. The van der Waals surface area contributed by atoms with Crippen molar-refractivity contribution in [1.29, 1.82) is 0 Å². The van der Waals surface area contributed by atoms with Crippen molar-refractivity contribution in [3.05, 3.63) is 17.7 Å². The van der Waals surface area contributed by atoms with E-state index in [1.54, 1.807) is 12.1 Å². The molecule has 1 heterocycles. The molecule has 0 spiro atoms. The molecule has 1 aromatic carbocycles. The van der Waals surface area contributed by atoms with Crippen LogP contribution in [-0.4, -0.2) is 38.3 Å². The summed E-state index contributed by atoms with van der Waals surface area (Å²) in [6, 6.07) is 3.35. The summed E-state index contributed by atoms with van der Waals surface area (Å²) >= 11 is 0. The van der Waals surface area contributed by atoms with Gasteiger partial charge in [-0.25, -0.2) is 4.79 Å². The third-order valence-corrected chi connectivity index (χ3v) is 2.59. The zero-order valence-electron chi connectivity index (χ0n) is 9.37. The largest absolute Gasteiger partial charge is 0.478 e. The first-order valence-electron chi connectivity index (χ1n) is 5.16. The maximum atomic E-state index is 11.0. The minimum Gasteiger partial charge on any atom is -0.478 e. The molecular formula is C11H15N3O2. The highest BCUT2D eigenvalue weighted by Gasteiger charge is 2.17. The number of carbonyl (C=O) groups is 1. The fourth-order valence-corrected chi connectivity index (χ4v) is 1.81. The maximum absolute atomic E-state index is 11.0. The molecule has 0 atom stereocenters. The van der Waals surface area contributed by atoms with Crippen LogP contribution >= 0.6 is 0 Å². The Balaban J connectivity index is 2.56. The first kappa shape index (κ1) is 10.6. The number of nitrogens with zero attached hydrogens (tertiary/aromatic N) is 1. The lowest BCUT2D eigenvalue weighted by atomic mass is 10.1. The van der Waals surface area contributed by atoms with Crippen LogP contribution in [0.25, 0.3) is 0 Å². The summed E-state index contributed by atoms with van der Waals surface area (Å²) in [5.74, 6) is -0.904. The van der Waals surface area contributed by atoms with Crippen LogP contribution in [0.2, 0.25) is 0 Å². The minimum atomic E-state index is -0.904. The van der Waals surface area contributed by atoms with E-state index in [1.807, 2.05) is 19.0 Å². The molecule has 0 aromatic heterocycles. The molecule has 0 fully saturated rings. The quantitative estimate of drug-likeness (QED) is 0.702. The van der Waals surface area contributed by atoms with Crippen LogP contribution in [0.4, 0.5) is 17.1 Å². The Labute approximate surface area is 94.1 Å². The normalized spacial score (nSPS) is 13.4. The number of fused-ring (bicyclic) bond motifs is 1. The van der Waals surface area contributed by atoms with Gasteiger partial charge in [0.15, 0.2) is 0 Å². The fourth-order valence-electron chi connectivity index (χ4n) is 1.81. The number of benzene rings is 1. The van der Waals surface area contributed by atoms with Gasteiger partial charge in [-0.15, -0.1) is 0 Å². The average molecular weight is 221 g/mol. The molecule has 0 radical (unpaired) electrons. The predicted molar refractivity (Wildman–Crippen MR) is 64.7 cm³/mol. The Bertz CT molecular complexity index is 429. The van der Waals surface area contributed by atoms with E-state index in [0.29, 0.717) is 5.56 Å². The van der Waals surface area contributed by atoms with Crippen LogP contribution in [0.1, 0.15) is 10.4 Å². The summed E-state index contributed by atoms with van der Waals surface area (Å²) in [4.78, 5) is 12.9. The molecule has 16 heavy (non-hydrogen) atoms. The van der Waals surface area contributed by atoms with Gasteiger partial charge in [-0.2, -0.15) is 0 Å². The lowest BCUT2D eigenvalue weighted by Gasteiger charge is -2.26. The molecule has 86 valence electrons. The highest BCUT2D eigenvalue weighted by Crippen LogP contribution is 2.35. The zero-order valence-corrected chi connectivity index (χ0v) is 9.37. The molecular weight excluding hydrogens is 206 g/mol. The van der Waals surface area contributed by atoms with E-state index in [9.17, 15) is 4.79 Å². The van der Waals surface area contributed by atoms with Gasteiger partial charge < -0.3 is 20.6 Å². The minimum absolute atomic E-state index is 0.304. The van der Waals surface area contributed by atoms with E-state index in [1.165, 1.54) is 0 Å². The van der Waals surface area contributed by atoms with Gasteiger partial charge >= 0.3 is 5.97 Å². The molecule has 0 saturated heterocycles. The van der Waals surface area contributed by atoms with Gasteiger partial charge in [-0.3, -0.25) is 0 Å². The van der Waals surface area contributed by atoms with E-state index in [2.05, 4.69) is 10.6 Å². The Morgan fingerprint density at radius 3 is 2.62 bits per heavy atom. The standard InChI is InChI=1S/C11H15N3O2/c1-14(2)9-6-7(11(15)16)5-8-10(9)13-4-3-12-8/h5-6,12-13H,3-4H2,1-2H3,(H,15,16). The number of hydrogen-bond donors (Lipinski definition) is 3. The Hall–Kier alpha value is -1.91. The van der Waals surface area contributed by atoms with Crippen molar-refractivity contribution in [3.63, 3.8) is 0 Å². The zero-order chi connectivity index (χ0) is 11.7. The Kier molecular flexibility index (Phi) is 2.60. The lowest BCUT2D eigenvalue weighted by Crippen LogP contribution is -2.23. The molecule has 0 amide bonds. The van der Waals surface area contributed by atoms with Crippen LogP contribution in [0.5, 0.6) is 0 Å². The van der Waals surface area contributed by atoms with Gasteiger partial charge in [0.05, 0.1) is 22.6 Å². The fraction of sp³-hybridized carbons (Fsp3) is 0.364. The third kappa shape index (κ3) is 1.76. The maximum Gasteiger partial charge on any atom is 0.335 e. The molecule has 2 rings (SSSR count). The topological polar surface area (TPSA) is 64.6 Å². The van der Waals surface area contributed by atoms with Crippen LogP contribution < -0.4 is 15.5 Å². The summed E-state index contributed by atoms with van der Waals surface area (Å²) < 4.78 is 0. The number of carboxylic acid groups (broad SMARTS) is 1. The molecule has 1 aromatic rings. The summed E-state index contributed by atoms with van der Waals surface area (Å²) in [6.45, 7) is 1.66. The summed E-state index contributed by atoms with van der Waals surface area (Å²) in [5, 5.41) is 15.5. The highest BCUT2D eigenvalue weighted by molar-refractivity contribution is 5.96. The van der Waals surface area contributed by atoms with Crippen LogP contribution in [-0.2, 0) is 0 Å². The molecule has 1 aliphatic rings. The number of nitrogens with one attached hydrogen (secondary N) is 2. The van der Waals surface area contributed by atoms with Crippen molar-refractivity contribution in [2.45, 2.75) is 0 Å². The van der Waals surface area contributed by atoms with E-state index >= 15 is 0 Å². The van der Waals surface area contributed by atoms with Crippen molar-refractivity contribution in [3.8, 4) is 0 Å². The number of hydrogen-bond acceptors (Lipinski definition) is 4. The van der Waals surface area contributed by atoms with Crippen molar-refractivity contribution < 1.29 is 9.90 Å². The number of rotatable bonds is 2. The monoisotopic (exact) mass is 221 g/mol. The second-order valence-electron chi connectivity index (χ2n) is 3.97. The van der Waals surface area contributed by atoms with Crippen molar-refractivity contribution in [1.82, 2.24) is 0 Å². The average Bonchev–Trinajstić information content (AvgIpc) is 2.27. The SMILES string of the molecule is CN(C)c1cc(C(=O)O)cc2c1NCCN2. The lowest BCUT2D eigenvalue weighted by molar-refractivity contribution is 0.0697. The van der Waals surface area contributed by atoms with Crippen LogP contribution in [0, 0.1) is 0 Å². The van der Waals surface area contributed by atoms with Gasteiger partial charge in [0.2, 0.25) is 0 Å². The van der Waals surface area contributed by atoms with Crippen molar-refractivity contribution in [2.75, 3.05) is 42.7 Å². The number of carboxylic acids is 1. The highest BCUT2D eigenvalue weighted by atomic mass is 16.4. The van der Waals surface area contributed by atoms with Crippen LogP contribution in [0.15, 0.2) is 12.1 Å². The number of aromatic carboxylic acids is 1. The second-order valence-corrected chi connectivity index (χ2v) is 3.97. The van der Waals surface area contributed by atoms with Gasteiger partial charge in [-0.05, 0) is 12.1 Å². The Morgan fingerprint density at radius 1 is 1.31 bits per heavy atom. The molecule has 0 saturated carbocycles. The van der Waals surface area contributed by atoms with Gasteiger partial charge in [0, 0.05) is 27.2 Å². The molecule has 0 bridgehead atoms. The summed E-state index contributed by atoms with van der Waals surface area (Å²) in [7, 11) is 3.80. The van der Waals surface area contributed by atoms with Crippen molar-refractivity contribution >= 4 is 23.0 Å². The van der Waals surface area contributed by atoms with E-state index in [4.69, 9.17) is 5.11 Å². The van der Waals surface area contributed by atoms with E-state index in [0.717, 1.165) is 30.2 Å². The van der Waals surface area contributed by atoms with Gasteiger partial charge in [0.25, 0.3) is 0 Å². The molecule has 5 heteroatoms. The Morgan fingerprint density at radius 2 is 2.00 bits per heavy atom. The van der Waals surface area contributed by atoms with E-state index < -0.39 is 5.97 Å². The molecule has 5 nitrogen and oxygen atoms in total.